The molecule has 168 valence electrons. The molecule has 0 saturated carbocycles. The first kappa shape index (κ1) is 27.1. The topological polar surface area (TPSA) is 89.8 Å². The summed E-state index contributed by atoms with van der Waals surface area (Å²) in [6, 6.07) is -1.55. The molecule has 8 heteroatoms. The molecule has 3 atom stereocenters. The van der Waals surface area contributed by atoms with Crippen LogP contribution in [0, 0.1) is 0 Å². The third-order valence-electron chi connectivity index (χ3n) is 4.93. The second-order valence-corrected chi connectivity index (χ2v) is 7.50. The summed E-state index contributed by atoms with van der Waals surface area (Å²) < 4.78 is 36.7. The van der Waals surface area contributed by atoms with E-state index in [-0.39, 0.29) is 6.42 Å². The Balaban J connectivity index is 3.78. The molecule has 0 aromatic heterocycles. The van der Waals surface area contributed by atoms with Crippen LogP contribution in [-0.2, 0) is 4.79 Å². The molecule has 4 N–H and O–H groups in total. The molecule has 0 bridgehead atoms. The van der Waals surface area contributed by atoms with Crippen molar-refractivity contribution in [3.8, 4) is 0 Å². The maximum absolute atomic E-state index is 12.2. The highest BCUT2D eigenvalue weighted by Gasteiger charge is 2.41. The third kappa shape index (κ3) is 13.3. The molecule has 0 aliphatic heterocycles. The molecule has 0 radical (unpaired) electrons. The van der Waals surface area contributed by atoms with Gasteiger partial charge in [0.15, 0.2) is 0 Å². The van der Waals surface area contributed by atoms with Gasteiger partial charge >= 0.3 is 12.1 Å². The van der Waals surface area contributed by atoms with Crippen molar-refractivity contribution in [2.75, 3.05) is 6.61 Å². The van der Waals surface area contributed by atoms with Gasteiger partial charge in [0.2, 0.25) is 0 Å². The molecule has 5 nitrogen and oxygen atoms in total. The number of unbranched alkanes of at least 4 members (excludes halogenated alkanes) is 11. The predicted octanol–water partition coefficient (Wildman–Crippen LogP) is 3.84. The quantitative estimate of drug-likeness (QED) is 0.273. The minimum atomic E-state index is -5.10. The van der Waals surface area contributed by atoms with Crippen LogP contribution in [0.4, 0.5) is 13.2 Å². The van der Waals surface area contributed by atoms with Crippen LogP contribution < -0.4 is 5.32 Å². The summed E-state index contributed by atoms with van der Waals surface area (Å²) in [5.74, 6) is -2.25. The largest absolute Gasteiger partial charge is 0.471 e. The highest BCUT2D eigenvalue weighted by molar-refractivity contribution is 5.82. The Kier molecular flexibility index (Phi) is 15.5. The van der Waals surface area contributed by atoms with Crippen molar-refractivity contribution in [1.29, 1.82) is 0 Å². The fourth-order valence-electron chi connectivity index (χ4n) is 3.12. The fourth-order valence-corrected chi connectivity index (χ4v) is 3.12. The first-order valence-electron chi connectivity index (χ1n) is 10.6. The van der Waals surface area contributed by atoms with E-state index >= 15 is 0 Å². The van der Waals surface area contributed by atoms with Gasteiger partial charge in [0.05, 0.1) is 18.8 Å². The van der Waals surface area contributed by atoms with Crippen LogP contribution in [-0.4, -0.2) is 52.3 Å². The molecule has 0 spiro atoms. The summed E-state index contributed by atoms with van der Waals surface area (Å²) in [6.07, 6.45) is 5.92. The fraction of sp³-hybridized carbons (Fsp3) is 0.950. The number of aliphatic hydroxyl groups is 3. The van der Waals surface area contributed by atoms with Crippen molar-refractivity contribution in [1.82, 2.24) is 5.32 Å². The van der Waals surface area contributed by atoms with E-state index in [2.05, 4.69) is 6.92 Å². The number of carbonyl (C=O) groups is 1. The molecule has 0 saturated heterocycles. The lowest BCUT2D eigenvalue weighted by Crippen LogP contribution is -2.53. The lowest BCUT2D eigenvalue weighted by molar-refractivity contribution is -0.176. The van der Waals surface area contributed by atoms with E-state index in [1.807, 2.05) is 0 Å². The highest BCUT2D eigenvalue weighted by Crippen LogP contribution is 2.17. The predicted molar refractivity (Wildman–Crippen MR) is 103 cm³/mol. The van der Waals surface area contributed by atoms with Crippen molar-refractivity contribution >= 4 is 5.91 Å². The zero-order valence-corrected chi connectivity index (χ0v) is 17.0. The second kappa shape index (κ2) is 16.0. The average molecular weight is 414 g/mol. The van der Waals surface area contributed by atoms with E-state index in [1.165, 1.54) is 56.7 Å². The van der Waals surface area contributed by atoms with E-state index in [9.17, 15) is 28.2 Å². The zero-order valence-electron chi connectivity index (χ0n) is 17.0. The van der Waals surface area contributed by atoms with E-state index in [4.69, 9.17) is 5.11 Å². The van der Waals surface area contributed by atoms with Gasteiger partial charge < -0.3 is 20.6 Å². The summed E-state index contributed by atoms with van der Waals surface area (Å²) in [5, 5.41) is 30.4. The van der Waals surface area contributed by atoms with Crippen molar-refractivity contribution in [3.63, 3.8) is 0 Å². The summed E-state index contributed by atoms with van der Waals surface area (Å²) in [5.41, 5.74) is 0. The molecular weight excluding hydrogens is 375 g/mol. The average Bonchev–Trinajstić information content (AvgIpc) is 2.65. The second-order valence-electron chi connectivity index (χ2n) is 7.50. The van der Waals surface area contributed by atoms with Crippen molar-refractivity contribution in [2.45, 2.75) is 115 Å². The molecule has 0 fully saturated rings. The Morgan fingerprint density at radius 3 is 1.68 bits per heavy atom. The van der Waals surface area contributed by atoms with Crippen LogP contribution in [0.25, 0.3) is 0 Å². The molecule has 0 heterocycles. The minimum Gasteiger partial charge on any atom is -0.394 e. The van der Waals surface area contributed by atoms with Gasteiger partial charge in [0.1, 0.15) is 6.10 Å². The van der Waals surface area contributed by atoms with Gasteiger partial charge in [0, 0.05) is 0 Å². The molecule has 28 heavy (non-hydrogen) atoms. The Bertz CT molecular complexity index is 394. The number of alkyl halides is 3. The summed E-state index contributed by atoms with van der Waals surface area (Å²) >= 11 is 0. The van der Waals surface area contributed by atoms with E-state index < -0.39 is 36.9 Å². The number of rotatable bonds is 17. The number of carbonyl (C=O) groups excluding carboxylic acids is 1. The Morgan fingerprint density at radius 1 is 0.857 bits per heavy atom. The van der Waals surface area contributed by atoms with Gasteiger partial charge in [-0.3, -0.25) is 4.79 Å². The van der Waals surface area contributed by atoms with Crippen molar-refractivity contribution in [2.24, 2.45) is 0 Å². The van der Waals surface area contributed by atoms with Crippen LogP contribution in [0.1, 0.15) is 90.4 Å². The molecule has 0 aliphatic rings. The Hall–Kier alpha value is -0.860. The van der Waals surface area contributed by atoms with Crippen LogP contribution in [0.5, 0.6) is 0 Å². The first-order valence-corrected chi connectivity index (χ1v) is 10.6. The molecule has 0 aromatic carbocycles. The maximum Gasteiger partial charge on any atom is 0.471 e. The Morgan fingerprint density at radius 2 is 1.29 bits per heavy atom. The number of hydrogen-bond acceptors (Lipinski definition) is 4. The Labute approximate surface area is 166 Å². The summed E-state index contributed by atoms with van der Waals surface area (Å²) in [4.78, 5) is 10.9. The maximum atomic E-state index is 12.2. The van der Waals surface area contributed by atoms with Crippen molar-refractivity contribution < 1.29 is 33.3 Å². The van der Waals surface area contributed by atoms with Crippen LogP contribution in [0.15, 0.2) is 0 Å². The lowest BCUT2D eigenvalue weighted by atomic mass is 9.99. The molecule has 0 rings (SSSR count). The molecule has 1 amide bonds. The molecule has 0 aliphatic carbocycles. The van der Waals surface area contributed by atoms with Gasteiger partial charge in [-0.05, 0) is 6.42 Å². The molecule has 1 unspecified atom stereocenters. The minimum absolute atomic E-state index is 0.205. The van der Waals surface area contributed by atoms with Gasteiger partial charge in [-0.1, -0.05) is 84.0 Å². The number of nitrogens with one attached hydrogen (secondary N) is 1. The van der Waals surface area contributed by atoms with Gasteiger partial charge in [-0.25, -0.2) is 0 Å². The SMILES string of the molecule is CCCCCCCCCCCCCCC(O)[C@@H](O)[C@H](CO)NC(=O)C(F)(F)F. The summed E-state index contributed by atoms with van der Waals surface area (Å²) in [7, 11) is 0. The van der Waals surface area contributed by atoms with E-state index in [0.29, 0.717) is 6.42 Å². The molecular formula is C20H38F3NO4. The lowest BCUT2D eigenvalue weighted by Gasteiger charge is -2.26. The van der Waals surface area contributed by atoms with Gasteiger partial charge in [-0.15, -0.1) is 0 Å². The van der Waals surface area contributed by atoms with Crippen LogP contribution in [0.3, 0.4) is 0 Å². The van der Waals surface area contributed by atoms with Crippen LogP contribution in [0.2, 0.25) is 0 Å². The van der Waals surface area contributed by atoms with Crippen LogP contribution >= 0.6 is 0 Å². The first-order chi connectivity index (χ1) is 13.2. The molecule has 0 aromatic rings. The van der Waals surface area contributed by atoms with Gasteiger partial charge in [-0.2, -0.15) is 13.2 Å². The number of hydrogen-bond donors (Lipinski definition) is 4. The number of amides is 1. The standard InChI is InChI=1S/C20H38F3NO4/c1-2-3-4-5-6-7-8-9-10-11-12-13-14-17(26)18(27)16(15-25)24-19(28)20(21,22)23/h16-18,25-27H,2-15H2,1H3,(H,24,28)/t16-,17?,18-/m0/s1. The summed E-state index contributed by atoms with van der Waals surface area (Å²) in [6.45, 7) is 1.31. The number of halogens is 3. The highest BCUT2D eigenvalue weighted by atomic mass is 19.4. The van der Waals surface area contributed by atoms with E-state index in [1.54, 1.807) is 0 Å². The van der Waals surface area contributed by atoms with E-state index in [0.717, 1.165) is 19.3 Å². The smallest absolute Gasteiger partial charge is 0.394 e. The van der Waals surface area contributed by atoms with Gasteiger partial charge in [0.25, 0.3) is 0 Å². The third-order valence-corrected chi connectivity index (χ3v) is 4.93. The zero-order chi connectivity index (χ0) is 21.4. The normalized spacial score (nSPS) is 15.2. The number of aliphatic hydroxyl groups excluding tert-OH is 3. The monoisotopic (exact) mass is 413 g/mol. The van der Waals surface area contributed by atoms with Crippen molar-refractivity contribution in [3.05, 3.63) is 0 Å².